The smallest absolute Gasteiger partial charge is 0.122 e. The Labute approximate surface area is 151 Å². The Balaban J connectivity index is 1.75. The normalized spacial score (nSPS) is 12.3. The third kappa shape index (κ3) is 4.04. The lowest BCUT2D eigenvalue weighted by Gasteiger charge is -2.18. The molecular weight excluding hydrogens is 336 g/mol. The number of thiophene rings is 1. The molecule has 0 unspecified atom stereocenters. The fourth-order valence-corrected chi connectivity index (χ4v) is 4.19. The molecular formula is C19H22N2OS2. The van der Waals surface area contributed by atoms with Gasteiger partial charge in [0.2, 0.25) is 0 Å². The predicted molar refractivity (Wildman–Crippen MR) is 102 cm³/mol. The van der Waals surface area contributed by atoms with Crippen molar-refractivity contribution in [2.45, 2.75) is 32.9 Å². The number of rotatable bonds is 7. The lowest BCUT2D eigenvalue weighted by molar-refractivity contribution is 0.411. The van der Waals surface area contributed by atoms with Crippen LogP contribution in [0.1, 0.15) is 33.3 Å². The van der Waals surface area contributed by atoms with E-state index in [9.17, 15) is 0 Å². The summed E-state index contributed by atoms with van der Waals surface area (Å²) >= 11 is 3.45. The summed E-state index contributed by atoms with van der Waals surface area (Å²) in [6.45, 7) is 5.05. The molecule has 0 amide bonds. The Hall–Kier alpha value is -1.69. The molecule has 0 fully saturated rings. The van der Waals surface area contributed by atoms with Gasteiger partial charge in [0.1, 0.15) is 10.8 Å². The molecule has 1 N–H and O–H groups in total. The van der Waals surface area contributed by atoms with Gasteiger partial charge in [-0.3, -0.25) is 0 Å². The highest BCUT2D eigenvalue weighted by molar-refractivity contribution is 7.09. The highest BCUT2D eigenvalue weighted by atomic mass is 32.1. The number of nitrogens with zero attached hydrogens (tertiary/aromatic N) is 1. The molecule has 0 radical (unpaired) electrons. The summed E-state index contributed by atoms with van der Waals surface area (Å²) in [6.07, 6.45) is 2.84. The van der Waals surface area contributed by atoms with Crippen molar-refractivity contribution < 1.29 is 4.74 Å². The van der Waals surface area contributed by atoms with Crippen molar-refractivity contribution in [2.24, 2.45) is 0 Å². The monoisotopic (exact) mass is 358 g/mol. The predicted octanol–water partition coefficient (Wildman–Crippen LogP) is 4.90. The minimum absolute atomic E-state index is 0.237. The third-order valence-electron chi connectivity index (χ3n) is 4.16. The van der Waals surface area contributed by atoms with Crippen molar-refractivity contribution in [1.29, 1.82) is 0 Å². The first-order chi connectivity index (χ1) is 11.7. The van der Waals surface area contributed by atoms with Crippen LogP contribution in [0.3, 0.4) is 0 Å². The van der Waals surface area contributed by atoms with E-state index in [1.807, 2.05) is 11.6 Å². The van der Waals surface area contributed by atoms with E-state index in [2.05, 4.69) is 53.1 Å². The average Bonchev–Trinajstić information content (AvgIpc) is 3.27. The maximum atomic E-state index is 5.41. The highest BCUT2D eigenvalue weighted by Crippen LogP contribution is 2.25. The van der Waals surface area contributed by atoms with Gasteiger partial charge in [-0.25, -0.2) is 4.98 Å². The van der Waals surface area contributed by atoms with Crippen LogP contribution in [0.4, 0.5) is 0 Å². The molecule has 1 aromatic carbocycles. The van der Waals surface area contributed by atoms with E-state index in [0.29, 0.717) is 0 Å². The van der Waals surface area contributed by atoms with Crippen LogP contribution in [0.15, 0.2) is 40.5 Å². The minimum atomic E-state index is 0.237. The molecule has 24 heavy (non-hydrogen) atoms. The fraction of sp³-hybridized carbons (Fsp3) is 0.316. The molecule has 0 spiro atoms. The second-order valence-corrected chi connectivity index (χ2v) is 7.59. The second kappa shape index (κ2) is 7.92. The van der Waals surface area contributed by atoms with E-state index in [1.54, 1.807) is 29.8 Å². The van der Waals surface area contributed by atoms with Gasteiger partial charge in [-0.1, -0.05) is 6.07 Å². The van der Waals surface area contributed by atoms with E-state index >= 15 is 0 Å². The number of thiazole rings is 1. The van der Waals surface area contributed by atoms with Gasteiger partial charge in [0.15, 0.2) is 0 Å². The topological polar surface area (TPSA) is 34.1 Å². The third-order valence-corrected chi connectivity index (χ3v) is 5.78. The number of hydrogen-bond donors (Lipinski definition) is 1. The summed E-state index contributed by atoms with van der Waals surface area (Å²) < 4.78 is 5.41. The molecule has 2 aromatic heterocycles. The van der Waals surface area contributed by atoms with E-state index in [-0.39, 0.29) is 6.04 Å². The van der Waals surface area contributed by atoms with Crippen molar-refractivity contribution in [3.05, 3.63) is 67.8 Å². The van der Waals surface area contributed by atoms with Crippen molar-refractivity contribution in [3.8, 4) is 5.75 Å². The van der Waals surface area contributed by atoms with Gasteiger partial charge < -0.3 is 10.1 Å². The molecule has 3 rings (SSSR count). The summed E-state index contributed by atoms with van der Waals surface area (Å²) in [5, 5.41) is 11.2. The van der Waals surface area contributed by atoms with Crippen LogP contribution in [0, 0.1) is 13.8 Å². The molecule has 0 aliphatic rings. The number of ether oxygens (including phenoxy) is 1. The number of aromatic nitrogens is 1. The summed E-state index contributed by atoms with van der Waals surface area (Å²) in [7, 11) is 1.72. The molecule has 0 saturated heterocycles. The summed E-state index contributed by atoms with van der Waals surface area (Å²) in [5.74, 6) is 0.950. The van der Waals surface area contributed by atoms with Gasteiger partial charge in [0, 0.05) is 18.1 Å². The van der Waals surface area contributed by atoms with Gasteiger partial charge in [-0.05, 0) is 65.4 Å². The molecule has 3 aromatic rings. The van der Waals surface area contributed by atoms with Crippen LogP contribution >= 0.6 is 22.7 Å². The van der Waals surface area contributed by atoms with Gasteiger partial charge >= 0.3 is 0 Å². The van der Waals surface area contributed by atoms with Gasteiger partial charge in [-0.15, -0.1) is 11.3 Å². The average molecular weight is 359 g/mol. The molecule has 0 aliphatic carbocycles. The Bertz CT molecular complexity index is 767. The Kier molecular flexibility index (Phi) is 5.66. The van der Waals surface area contributed by atoms with Crippen LogP contribution in [-0.4, -0.2) is 12.1 Å². The lowest BCUT2D eigenvalue weighted by Crippen LogP contribution is -2.23. The SMILES string of the molecule is COc1cc(C)c(CN[C@@H](Cc2ccsc2)c2nccs2)cc1C. The van der Waals surface area contributed by atoms with Crippen molar-refractivity contribution in [2.75, 3.05) is 7.11 Å². The quantitative estimate of drug-likeness (QED) is 0.652. The van der Waals surface area contributed by atoms with Gasteiger partial charge in [0.25, 0.3) is 0 Å². The summed E-state index contributed by atoms with van der Waals surface area (Å²) in [6, 6.07) is 6.76. The summed E-state index contributed by atoms with van der Waals surface area (Å²) in [4.78, 5) is 4.52. The van der Waals surface area contributed by atoms with E-state index in [4.69, 9.17) is 4.74 Å². The Morgan fingerprint density at radius 1 is 1.21 bits per heavy atom. The first-order valence-electron chi connectivity index (χ1n) is 7.95. The van der Waals surface area contributed by atoms with Crippen molar-refractivity contribution in [3.63, 3.8) is 0 Å². The standard InChI is InChI=1S/C19H22N2OS2/c1-13-9-18(22-3)14(2)8-16(13)11-21-17(19-20-5-7-24-19)10-15-4-6-23-12-15/h4-9,12,17,21H,10-11H2,1-3H3/t17-/m0/s1. The van der Waals surface area contributed by atoms with Gasteiger partial charge in [0.05, 0.1) is 13.2 Å². The van der Waals surface area contributed by atoms with E-state index in [0.717, 1.165) is 23.7 Å². The molecule has 1 atom stereocenters. The van der Waals surface area contributed by atoms with E-state index < -0.39 is 0 Å². The first-order valence-corrected chi connectivity index (χ1v) is 9.77. The van der Waals surface area contributed by atoms with Gasteiger partial charge in [-0.2, -0.15) is 11.3 Å². The minimum Gasteiger partial charge on any atom is -0.496 e. The summed E-state index contributed by atoms with van der Waals surface area (Å²) in [5.41, 5.74) is 5.08. The zero-order chi connectivity index (χ0) is 16.9. The number of nitrogens with one attached hydrogen (secondary N) is 1. The largest absolute Gasteiger partial charge is 0.496 e. The van der Waals surface area contributed by atoms with Crippen LogP contribution < -0.4 is 10.1 Å². The maximum Gasteiger partial charge on any atom is 0.122 e. The number of methoxy groups -OCH3 is 1. The van der Waals surface area contributed by atoms with Crippen LogP contribution in [0.2, 0.25) is 0 Å². The molecule has 5 heteroatoms. The zero-order valence-corrected chi connectivity index (χ0v) is 15.8. The van der Waals surface area contributed by atoms with Crippen LogP contribution in [0.5, 0.6) is 5.75 Å². The van der Waals surface area contributed by atoms with Crippen LogP contribution in [0.25, 0.3) is 0 Å². The second-order valence-electron chi connectivity index (χ2n) is 5.89. The molecule has 0 aliphatic heterocycles. The first kappa shape index (κ1) is 17.1. The van der Waals surface area contributed by atoms with Crippen molar-refractivity contribution in [1.82, 2.24) is 10.3 Å². The van der Waals surface area contributed by atoms with Crippen molar-refractivity contribution >= 4 is 22.7 Å². The zero-order valence-electron chi connectivity index (χ0n) is 14.2. The Morgan fingerprint density at radius 3 is 2.75 bits per heavy atom. The molecule has 2 heterocycles. The number of aryl methyl sites for hydroxylation is 2. The maximum absolute atomic E-state index is 5.41. The van der Waals surface area contributed by atoms with E-state index in [1.165, 1.54) is 22.3 Å². The molecule has 0 saturated carbocycles. The molecule has 0 bridgehead atoms. The fourth-order valence-electron chi connectivity index (χ4n) is 2.79. The molecule has 126 valence electrons. The highest BCUT2D eigenvalue weighted by Gasteiger charge is 2.16. The number of hydrogen-bond acceptors (Lipinski definition) is 5. The van der Waals surface area contributed by atoms with Crippen LogP contribution in [-0.2, 0) is 13.0 Å². The Morgan fingerprint density at radius 2 is 2.08 bits per heavy atom. The molecule has 3 nitrogen and oxygen atoms in total. The lowest BCUT2D eigenvalue weighted by atomic mass is 10.0. The number of benzene rings is 1.